The lowest BCUT2D eigenvalue weighted by molar-refractivity contribution is -0.145. The number of benzene rings is 2. The summed E-state index contributed by atoms with van der Waals surface area (Å²) in [4.78, 5) is 42.8. The number of nitrogens with zero attached hydrogens (tertiary/aromatic N) is 1. The van der Waals surface area contributed by atoms with Gasteiger partial charge in [-0.15, -0.1) is 6.42 Å². The molecule has 8 nitrogen and oxygen atoms in total. The summed E-state index contributed by atoms with van der Waals surface area (Å²) in [5, 5.41) is 5.74. The summed E-state index contributed by atoms with van der Waals surface area (Å²) < 4.78 is 10.7. The normalized spacial score (nSPS) is 14.6. The minimum absolute atomic E-state index is 0.179. The van der Waals surface area contributed by atoms with Crippen molar-refractivity contribution in [3.8, 4) is 18.1 Å². The second-order valence-electron chi connectivity index (χ2n) is 10.7. The summed E-state index contributed by atoms with van der Waals surface area (Å²) in [5.41, 5.74) is 0.908. The molecule has 1 fully saturated rings. The van der Waals surface area contributed by atoms with E-state index in [2.05, 4.69) is 16.6 Å². The van der Waals surface area contributed by atoms with Gasteiger partial charge in [-0.05, 0) is 94.4 Å². The molecule has 9 heteroatoms. The maximum atomic E-state index is 14.3. The van der Waals surface area contributed by atoms with Crippen molar-refractivity contribution in [3.63, 3.8) is 0 Å². The molecule has 2 unspecified atom stereocenters. The van der Waals surface area contributed by atoms with E-state index in [9.17, 15) is 14.4 Å². The predicted molar refractivity (Wildman–Crippen MR) is 159 cm³/mol. The first-order valence-electron chi connectivity index (χ1n) is 13.4. The van der Waals surface area contributed by atoms with Gasteiger partial charge in [-0.1, -0.05) is 24.1 Å². The van der Waals surface area contributed by atoms with E-state index in [1.165, 1.54) is 0 Å². The fourth-order valence-electron chi connectivity index (χ4n) is 4.47. The van der Waals surface area contributed by atoms with Gasteiger partial charge in [-0.3, -0.25) is 9.59 Å². The number of carbonyl (C=O) groups is 3. The number of amides is 3. The average Bonchev–Trinajstić information content (AvgIpc) is 2.89. The highest BCUT2D eigenvalue weighted by Crippen LogP contribution is 2.36. The molecule has 0 aliphatic heterocycles. The molecule has 0 heterocycles. The van der Waals surface area contributed by atoms with Crippen LogP contribution in [0.15, 0.2) is 48.5 Å². The lowest BCUT2D eigenvalue weighted by Gasteiger charge is -2.43. The van der Waals surface area contributed by atoms with E-state index < -0.39 is 29.7 Å². The van der Waals surface area contributed by atoms with Gasteiger partial charge in [0.05, 0.1) is 7.11 Å². The molecule has 2 aromatic carbocycles. The fourth-order valence-corrected chi connectivity index (χ4v) is 4.95. The maximum absolute atomic E-state index is 14.3. The minimum atomic E-state index is -1.01. The van der Waals surface area contributed by atoms with Gasteiger partial charge in [0.25, 0.3) is 5.91 Å². The lowest BCUT2D eigenvalue weighted by Crippen LogP contribution is -2.57. The molecule has 3 rings (SSSR count). The number of terminal acetylenes is 1. The molecule has 0 bridgehead atoms. The SMILES string of the molecule is C#Cc1ccccc1C(C(=O)Nc1ccc(OC)cc1)N(C(=O)C(CCSC)NC(=O)OC(C)(C)C)C1CCC1. The van der Waals surface area contributed by atoms with Gasteiger partial charge in [0, 0.05) is 17.3 Å². The number of nitrogens with one attached hydrogen (secondary N) is 2. The molecule has 0 radical (unpaired) electrons. The summed E-state index contributed by atoms with van der Waals surface area (Å²) in [6, 6.07) is 12.1. The highest BCUT2D eigenvalue weighted by Gasteiger charge is 2.42. The number of ether oxygens (including phenoxy) is 2. The summed E-state index contributed by atoms with van der Waals surface area (Å²) in [6.45, 7) is 5.30. The first-order valence-corrected chi connectivity index (χ1v) is 14.8. The second kappa shape index (κ2) is 14.1. The van der Waals surface area contributed by atoms with E-state index in [0.29, 0.717) is 34.7 Å². The second-order valence-corrected chi connectivity index (χ2v) is 11.6. The van der Waals surface area contributed by atoms with E-state index in [-0.39, 0.29) is 11.9 Å². The number of thioether (sulfide) groups is 1. The molecule has 2 N–H and O–H groups in total. The molecule has 1 aliphatic carbocycles. The summed E-state index contributed by atoms with van der Waals surface area (Å²) >= 11 is 1.57. The Balaban J connectivity index is 2.04. The molecule has 0 saturated heterocycles. The first-order chi connectivity index (χ1) is 19.1. The third kappa shape index (κ3) is 8.18. The quantitative estimate of drug-likeness (QED) is 0.355. The molecule has 1 aliphatic rings. The van der Waals surface area contributed by atoms with Crippen LogP contribution in [0.1, 0.15) is 63.6 Å². The number of anilines is 1. The van der Waals surface area contributed by atoms with Crippen LogP contribution in [0.4, 0.5) is 10.5 Å². The Kier molecular flexibility index (Phi) is 10.9. The monoisotopic (exact) mass is 565 g/mol. The number of carbonyl (C=O) groups excluding carboxylic acids is 3. The minimum Gasteiger partial charge on any atom is -0.497 e. The van der Waals surface area contributed by atoms with Crippen LogP contribution in [0.2, 0.25) is 0 Å². The van der Waals surface area contributed by atoms with Gasteiger partial charge in [0.15, 0.2) is 0 Å². The van der Waals surface area contributed by atoms with Crippen molar-refractivity contribution < 1.29 is 23.9 Å². The van der Waals surface area contributed by atoms with Gasteiger partial charge in [0.2, 0.25) is 5.91 Å². The van der Waals surface area contributed by atoms with Crippen molar-refractivity contribution in [2.45, 2.75) is 70.2 Å². The molecule has 2 aromatic rings. The van der Waals surface area contributed by atoms with E-state index >= 15 is 0 Å². The number of rotatable bonds is 11. The summed E-state index contributed by atoms with van der Waals surface area (Å²) in [6.07, 6.45) is 9.92. The number of hydrogen-bond donors (Lipinski definition) is 2. The van der Waals surface area contributed by atoms with Crippen molar-refractivity contribution in [1.29, 1.82) is 0 Å². The lowest BCUT2D eigenvalue weighted by atomic mass is 9.87. The molecular weight excluding hydrogens is 526 g/mol. The van der Waals surface area contributed by atoms with Gasteiger partial charge in [-0.2, -0.15) is 11.8 Å². The largest absolute Gasteiger partial charge is 0.497 e. The van der Waals surface area contributed by atoms with Crippen LogP contribution in [-0.2, 0) is 14.3 Å². The molecule has 40 heavy (non-hydrogen) atoms. The maximum Gasteiger partial charge on any atom is 0.408 e. The van der Waals surface area contributed by atoms with Crippen LogP contribution in [0.25, 0.3) is 0 Å². The van der Waals surface area contributed by atoms with E-state index in [0.717, 1.165) is 19.3 Å². The molecule has 2 atom stereocenters. The smallest absolute Gasteiger partial charge is 0.408 e. The van der Waals surface area contributed by atoms with Crippen molar-refractivity contribution in [2.24, 2.45) is 0 Å². The Bertz CT molecular complexity index is 1210. The van der Waals surface area contributed by atoms with E-state index in [1.807, 2.05) is 6.26 Å². The summed E-state index contributed by atoms with van der Waals surface area (Å²) in [7, 11) is 1.57. The molecule has 1 saturated carbocycles. The highest BCUT2D eigenvalue weighted by atomic mass is 32.2. The Morgan fingerprint density at radius 3 is 2.35 bits per heavy atom. The molecular formula is C31H39N3O5S. The standard InChI is InChI=1S/C31H39N3O5S/c1-7-21-11-8-9-14-25(21)27(28(35)32-22-15-17-24(38-5)18-16-22)34(23-12-10-13-23)29(36)26(19-20-40-6)33-30(37)39-31(2,3)4/h1,8-9,11,14-18,23,26-27H,10,12-13,19-20H2,2-6H3,(H,32,35)(H,33,37). The number of hydrogen-bond acceptors (Lipinski definition) is 6. The topological polar surface area (TPSA) is 97.0 Å². The zero-order valence-electron chi connectivity index (χ0n) is 23.9. The predicted octanol–water partition coefficient (Wildman–Crippen LogP) is 5.38. The van der Waals surface area contributed by atoms with E-state index in [1.54, 1.807) is 93.1 Å². The number of alkyl carbamates (subject to hydrolysis) is 1. The zero-order valence-corrected chi connectivity index (χ0v) is 24.7. The van der Waals surface area contributed by atoms with Gasteiger partial charge in [-0.25, -0.2) is 4.79 Å². The molecule has 3 amide bonds. The van der Waals surface area contributed by atoms with Crippen molar-refractivity contribution in [3.05, 3.63) is 59.7 Å². The Labute approximate surface area is 241 Å². The third-order valence-corrected chi connectivity index (χ3v) is 7.26. The Morgan fingerprint density at radius 1 is 1.12 bits per heavy atom. The van der Waals surface area contributed by atoms with Crippen molar-refractivity contribution in [1.82, 2.24) is 10.2 Å². The molecule has 0 spiro atoms. The van der Waals surface area contributed by atoms with Gasteiger partial charge >= 0.3 is 6.09 Å². The average molecular weight is 566 g/mol. The highest BCUT2D eigenvalue weighted by molar-refractivity contribution is 7.98. The van der Waals surface area contributed by atoms with Crippen LogP contribution in [0.5, 0.6) is 5.75 Å². The molecule has 0 aromatic heterocycles. The van der Waals surface area contributed by atoms with Crippen LogP contribution in [0, 0.1) is 12.3 Å². The van der Waals surface area contributed by atoms with Gasteiger partial charge in [0.1, 0.15) is 23.4 Å². The van der Waals surface area contributed by atoms with Gasteiger partial charge < -0.3 is 25.0 Å². The van der Waals surface area contributed by atoms with Crippen molar-refractivity contribution in [2.75, 3.05) is 24.4 Å². The van der Waals surface area contributed by atoms with Crippen LogP contribution < -0.4 is 15.4 Å². The van der Waals surface area contributed by atoms with Crippen LogP contribution >= 0.6 is 11.8 Å². The molecule has 214 valence electrons. The zero-order chi connectivity index (χ0) is 29.3. The van der Waals surface area contributed by atoms with Crippen molar-refractivity contribution >= 4 is 35.4 Å². The first kappa shape index (κ1) is 30.9. The number of methoxy groups -OCH3 is 1. The third-order valence-electron chi connectivity index (χ3n) is 6.62. The Hall–Kier alpha value is -3.64. The van der Waals surface area contributed by atoms with E-state index in [4.69, 9.17) is 15.9 Å². The fraction of sp³-hybridized carbons (Fsp3) is 0.452. The summed E-state index contributed by atoms with van der Waals surface area (Å²) in [5.74, 6) is 3.23. The Morgan fingerprint density at radius 2 is 1.80 bits per heavy atom. The van der Waals surface area contributed by atoms with Crippen LogP contribution in [-0.4, -0.2) is 59.6 Å². The van der Waals surface area contributed by atoms with Crippen LogP contribution in [0.3, 0.4) is 0 Å².